The molecule has 4 atom stereocenters. The number of aromatic nitrogens is 2. The molecular weight excluding hydrogens is 432 g/mol. The number of rotatable bonds is 10. The average Bonchev–Trinajstić information content (AvgIpc) is 2.76. The predicted molar refractivity (Wildman–Crippen MR) is 121 cm³/mol. The van der Waals surface area contributed by atoms with E-state index in [2.05, 4.69) is 10.3 Å². The van der Waals surface area contributed by atoms with Gasteiger partial charge in [0.1, 0.15) is 5.82 Å². The van der Waals surface area contributed by atoms with Gasteiger partial charge in [0, 0.05) is 32.3 Å². The van der Waals surface area contributed by atoms with Crippen LogP contribution >= 0.6 is 0 Å². The summed E-state index contributed by atoms with van der Waals surface area (Å²) in [4.78, 5) is 42.5. The molecule has 2 rings (SSSR count). The lowest BCUT2D eigenvalue weighted by Crippen LogP contribution is -2.51. The zero-order valence-corrected chi connectivity index (χ0v) is 18.8. The van der Waals surface area contributed by atoms with Gasteiger partial charge in [0.25, 0.3) is 0 Å². The van der Waals surface area contributed by atoms with E-state index in [1.165, 1.54) is 27.8 Å². The number of nitrogens with two attached hydrogens (primary N) is 3. The van der Waals surface area contributed by atoms with Gasteiger partial charge in [0.15, 0.2) is 18.3 Å². The number of nitrogens with one attached hydrogen (secondary N) is 2. The summed E-state index contributed by atoms with van der Waals surface area (Å²) in [6, 6.07) is 0.141. The summed E-state index contributed by atoms with van der Waals surface area (Å²) < 4.78 is 12.2. The summed E-state index contributed by atoms with van der Waals surface area (Å²) in [5.41, 5.74) is 16.3. The first kappa shape index (κ1) is 25.8. The number of guanidine groups is 1. The van der Waals surface area contributed by atoms with E-state index in [4.69, 9.17) is 32.1 Å². The summed E-state index contributed by atoms with van der Waals surface area (Å²) in [5, 5.41) is 10.1. The third-order valence-electron chi connectivity index (χ3n) is 4.92. The Morgan fingerprint density at radius 2 is 2.15 bits per heavy atom. The SMILES string of the molecule is CCCOC(=O)[C@H]1O[C@@H](n2ccc(N)nc2=O)C=C[C@@H]1NC(=O)C[C@@H](N)CCN(C)C(=N)N. The maximum atomic E-state index is 12.6. The molecule has 1 aliphatic heterocycles. The second-order valence-electron chi connectivity index (χ2n) is 7.69. The molecule has 0 bridgehead atoms. The number of hydrogen-bond donors (Lipinski definition) is 5. The first-order valence-electron chi connectivity index (χ1n) is 10.6. The molecule has 33 heavy (non-hydrogen) atoms. The van der Waals surface area contributed by atoms with Crippen LogP contribution in [0.3, 0.4) is 0 Å². The van der Waals surface area contributed by atoms with Crippen LogP contribution < -0.4 is 28.2 Å². The van der Waals surface area contributed by atoms with Gasteiger partial charge in [-0.05, 0) is 25.0 Å². The van der Waals surface area contributed by atoms with Crippen LogP contribution in [0.5, 0.6) is 0 Å². The Morgan fingerprint density at radius 1 is 1.42 bits per heavy atom. The lowest BCUT2D eigenvalue weighted by Gasteiger charge is -2.32. The van der Waals surface area contributed by atoms with Crippen LogP contribution in [-0.2, 0) is 19.1 Å². The van der Waals surface area contributed by atoms with Crippen molar-refractivity contribution in [2.45, 2.75) is 50.6 Å². The lowest BCUT2D eigenvalue weighted by atomic mass is 10.1. The quantitative estimate of drug-likeness (QED) is 0.119. The largest absolute Gasteiger partial charge is 0.464 e. The van der Waals surface area contributed by atoms with Gasteiger partial charge in [-0.2, -0.15) is 4.98 Å². The van der Waals surface area contributed by atoms with Crippen molar-refractivity contribution in [1.82, 2.24) is 19.8 Å². The minimum absolute atomic E-state index is 0.00240. The number of carbonyl (C=O) groups excluding carboxylic acids is 2. The summed E-state index contributed by atoms with van der Waals surface area (Å²) in [7, 11) is 1.66. The van der Waals surface area contributed by atoms with E-state index in [1.54, 1.807) is 13.1 Å². The first-order chi connectivity index (χ1) is 15.6. The fourth-order valence-electron chi connectivity index (χ4n) is 3.05. The van der Waals surface area contributed by atoms with Crippen molar-refractivity contribution in [3.05, 3.63) is 34.9 Å². The summed E-state index contributed by atoms with van der Waals surface area (Å²) in [6.07, 6.45) is 3.46. The Bertz CT molecular complexity index is 933. The van der Waals surface area contributed by atoms with E-state index in [9.17, 15) is 14.4 Å². The number of ether oxygens (including phenoxy) is 2. The zero-order valence-electron chi connectivity index (χ0n) is 18.8. The van der Waals surface area contributed by atoms with Crippen LogP contribution in [0.1, 0.15) is 32.4 Å². The number of hydrogen-bond acceptors (Lipinski definition) is 9. The highest BCUT2D eigenvalue weighted by Crippen LogP contribution is 2.21. The van der Waals surface area contributed by atoms with E-state index in [1.807, 2.05) is 6.92 Å². The third-order valence-corrected chi connectivity index (χ3v) is 4.92. The van der Waals surface area contributed by atoms with Crippen molar-refractivity contribution in [3.8, 4) is 0 Å². The molecule has 1 amide bonds. The molecule has 1 aromatic rings. The topological polar surface area (TPSA) is 205 Å². The Labute approximate surface area is 191 Å². The maximum Gasteiger partial charge on any atom is 0.351 e. The number of carbonyl (C=O) groups is 2. The molecule has 0 unspecified atom stereocenters. The smallest absolute Gasteiger partial charge is 0.351 e. The highest BCUT2D eigenvalue weighted by atomic mass is 16.6. The molecule has 0 aromatic carbocycles. The van der Waals surface area contributed by atoms with Crippen LogP contribution in [0, 0.1) is 5.41 Å². The molecule has 0 fully saturated rings. The van der Waals surface area contributed by atoms with Gasteiger partial charge >= 0.3 is 11.7 Å². The van der Waals surface area contributed by atoms with Gasteiger partial charge < -0.3 is 36.9 Å². The molecule has 182 valence electrons. The van der Waals surface area contributed by atoms with E-state index in [-0.39, 0.29) is 30.7 Å². The number of esters is 1. The molecule has 2 heterocycles. The standard InChI is InChI=1S/C20H32N8O5/c1-3-10-32-18(30)17-13(25-15(29)11-12(21)6-8-27(2)19(23)24)4-5-16(33-17)28-9-7-14(22)26-20(28)31/h4-5,7,9,12-13,16-17H,3,6,8,10-11,21H2,1-2H3,(H3,23,24)(H,25,29)(H2,22,26,31)/t12-,13-,16+,17-/m0/s1. The normalized spacial score (nSPS) is 20.6. The number of nitrogens with zero attached hydrogens (tertiary/aromatic N) is 3. The second kappa shape index (κ2) is 12.0. The average molecular weight is 465 g/mol. The first-order valence-corrected chi connectivity index (χ1v) is 10.6. The predicted octanol–water partition coefficient (Wildman–Crippen LogP) is -1.35. The molecule has 0 spiro atoms. The van der Waals surface area contributed by atoms with Crippen molar-refractivity contribution in [1.29, 1.82) is 5.41 Å². The van der Waals surface area contributed by atoms with Crippen LogP contribution in [0.4, 0.5) is 5.82 Å². The maximum absolute atomic E-state index is 12.6. The number of nitrogen functional groups attached to an aromatic ring is 1. The molecule has 1 aromatic heterocycles. The van der Waals surface area contributed by atoms with Gasteiger partial charge in [-0.15, -0.1) is 0 Å². The van der Waals surface area contributed by atoms with E-state index >= 15 is 0 Å². The monoisotopic (exact) mass is 464 g/mol. The second-order valence-corrected chi connectivity index (χ2v) is 7.69. The van der Waals surface area contributed by atoms with Crippen molar-refractivity contribution in [2.24, 2.45) is 11.5 Å². The number of amides is 1. The van der Waals surface area contributed by atoms with Gasteiger partial charge in [0.2, 0.25) is 5.91 Å². The minimum Gasteiger partial charge on any atom is -0.464 e. The fourth-order valence-corrected chi connectivity index (χ4v) is 3.05. The van der Waals surface area contributed by atoms with Gasteiger partial charge in [-0.3, -0.25) is 14.8 Å². The Morgan fingerprint density at radius 3 is 2.79 bits per heavy atom. The molecule has 13 nitrogen and oxygen atoms in total. The summed E-state index contributed by atoms with van der Waals surface area (Å²) in [5.74, 6) is -1.08. The minimum atomic E-state index is -1.18. The van der Waals surface area contributed by atoms with Crippen molar-refractivity contribution in [2.75, 3.05) is 25.9 Å². The lowest BCUT2D eigenvalue weighted by molar-refractivity contribution is -0.166. The molecule has 13 heteroatoms. The molecule has 8 N–H and O–H groups in total. The van der Waals surface area contributed by atoms with Crippen LogP contribution in [0.2, 0.25) is 0 Å². The molecule has 0 aliphatic carbocycles. The molecule has 1 aliphatic rings. The third kappa shape index (κ3) is 7.57. The van der Waals surface area contributed by atoms with Crippen LogP contribution in [0.25, 0.3) is 0 Å². The molecule has 0 saturated heterocycles. The Kier molecular flexibility index (Phi) is 9.36. The molecule has 0 saturated carbocycles. The zero-order chi connectivity index (χ0) is 24.5. The molecular formula is C20H32N8O5. The van der Waals surface area contributed by atoms with Crippen LogP contribution in [0.15, 0.2) is 29.2 Å². The van der Waals surface area contributed by atoms with Crippen molar-refractivity contribution >= 4 is 23.7 Å². The van der Waals surface area contributed by atoms with E-state index in [0.29, 0.717) is 19.4 Å². The van der Waals surface area contributed by atoms with Crippen molar-refractivity contribution < 1.29 is 19.1 Å². The highest BCUT2D eigenvalue weighted by molar-refractivity contribution is 5.81. The van der Waals surface area contributed by atoms with Crippen molar-refractivity contribution in [3.63, 3.8) is 0 Å². The Balaban J connectivity index is 2.09. The molecule has 0 radical (unpaired) electrons. The Hall–Kier alpha value is -3.45. The summed E-state index contributed by atoms with van der Waals surface area (Å²) in [6.45, 7) is 2.46. The van der Waals surface area contributed by atoms with Gasteiger partial charge in [0.05, 0.1) is 12.6 Å². The van der Waals surface area contributed by atoms with E-state index in [0.717, 1.165) is 0 Å². The van der Waals surface area contributed by atoms with Crippen LogP contribution in [-0.4, -0.2) is 70.7 Å². The highest BCUT2D eigenvalue weighted by Gasteiger charge is 2.36. The fraction of sp³-hybridized carbons (Fsp3) is 0.550. The van der Waals surface area contributed by atoms with E-state index < -0.39 is 36.1 Å². The number of anilines is 1. The summed E-state index contributed by atoms with van der Waals surface area (Å²) >= 11 is 0. The van der Waals surface area contributed by atoms with Gasteiger partial charge in [-0.25, -0.2) is 9.59 Å². The van der Waals surface area contributed by atoms with Gasteiger partial charge in [-0.1, -0.05) is 13.0 Å².